The normalized spacial score (nSPS) is 19.9. The molecule has 0 aliphatic carbocycles. The molecule has 1 aromatic carbocycles. The van der Waals surface area contributed by atoms with Gasteiger partial charge in [-0.25, -0.2) is 8.42 Å². The van der Waals surface area contributed by atoms with E-state index in [-0.39, 0.29) is 18.4 Å². The lowest BCUT2D eigenvalue weighted by atomic mass is 10.1. The summed E-state index contributed by atoms with van der Waals surface area (Å²) in [6, 6.07) is 6.84. The molecule has 1 atom stereocenters. The van der Waals surface area contributed by atoms with Crippen molar-refractivity contribution in [1.29, 1.82) is 0 Å². The molecule has 1 aliphatic heterocycles. The molecule has 1 aliphatic rings. The third-order valence-electron chi connectivity index (χ3n) is 3.60. The van der Waals surface area contributed by atoms with Crippen LogP contribution in [0.4, 0.5) is 0 Å². The van der Waals surface area contributed by atoms with Crippen LogP contribution in [0.5, 0.6) is 0 Å². The van der Waals surface area contributed by atoms with Crippen LogP contribution in [0.25, 0.3) is 0 Å². The number of benzene rings is 1. The molecular weight excluding hydrogens is 302 g/mol. The maximum atomic E-state index is 12.6. The lowest BCUT2D eigenvalue weighted by Gasteiger charge is -2.39. The van der Waals surface area contributed by atoms with E-state index in [4.69, 9.17) is 9.47 Å². The maximum Gasteiger partial charge on any atom is 0.243 e. The van der Waals surface area contributed by atoms with Crippen LogP contribution in [0.3, 0.4) is 0 Å². The average Bonchev–Trinajstić information content (AvgIpc) is 2.35. The molecule has 0 saturated carbocycles. The van der Waals surface area contributed by atoms with Crippen LogP contribution < -0.4 is 0 Å². The fraction of sp³-hybridized carbons (Fsp3) is 0.625. The van der Waals surface area contributed by atoms with E-state index in [1.807, 2.05) is 39.8 Å². The van der Waals surface area contributed by atoms with Crippen molar-refractivity contribution >= 4 is 10.0 Å². The van der Waals surface area contributed by atoms with Gasteiger partial charge in [0.1, 0.15) is 6.79 Å². The first kappa shape index (κ1) is 17.4. The average molecular weight is 327 g/mol. The van der Waals surface area contributed by atoms with E-state index in [0.29, 0.717) is 18.0 Å². The monoisotopic (exact) mass is 327 g/mol. The van der Waals surface area contributed by atoms with Gasteiger partial charge in [-0.1, -0.05) is 17.7 Å². The Morgan fingerprint density at radius 3 is 2.36 bits per heavy atom. The number of rotatable bonds is 6. The van der Waals surface area contributed by atoms with Gasteiger partial charge >= 0.3 is 0 Å². The van der Waals surface area contributed by atoms with E-state index < -0.39 is 10.0 Å². The van der Waals surface area contributed by atoms with Crippen molar-refractivity contribution in [3.63, 3.8) is 0 Å². The molecule has 1 fully saturated rings. The second-order valence-electron chi connectivity index (χ2n) is 6.62. The van der Waals surface area contributed by atoms with Gasteiger partial charge in [-0.2, -0.15) is 4.31 Å². The zero-order chi connectivity index (χ0) is 16.4. The minimum absolute atomic E-state index is 0.102. The summed E-state index contributed by atoms with van der Waals surface area (Å²) in [7, 11) is -3.42. The van der Waals surface area contributed by atoms with Crippen molar-refractivity contribution in [3.05, 3.63) is 29.8 Å². The van der Waals surface area contributed by atoms with Crippen LogP contribution >= 0.6 is 0 Å². The SMILES string of the molecule is Cc1ccc(S(=O)(=O)N2CC[C@H]2COCOC(C)(C)C)cc1. The van der Waals surface area contributed by atoms with E-state index in [1.54, 1.807) is 12.1 Å². The van der Waals surface area contributed by atoms with Crippen LogP contribution in [0.15, 0.2) is 29.2 Å². The molecule has 5 nitrogen and oxygen atoms in total. The van der Waals surface area contributed by atoms with Crippen molar-refractivity contribution in [2.45, 2.75) is 50.7 Å². The molecule has 0 aromatic heterocycles. The van der Waals surface area contributed by atoms with Crippen LogP contribution in [0.2, 0.25) is 0 Å². The predicted molar refractivity (Wildman–Crippen MR) is 85.1 cm³/mol. The largest absolute Gasteiger partial charge is 0.354 e. The van der Waals surface area contributed by atoms with Crippen LogP contribution in [-0.4, -0.2) is 44.3 Å². The van der Waals surface area contributed by atoms with Gasteiger partial charge in [0.25, 0.3) is 0 Å². The summed E-state index contributed by atoms with van der Waals surface area (Å²) in [6.07, 6.45) is 0.820. The van der Waals surface area contributed by atoms with Crippen molar-refractivity contribution < 1.29 is 17.9 Å². The maximum absolute atomic E-state index is 12.6. The number of hydrogen-bond donors (Lipinski definition) is 0. The highest BCUT2D eigenvalue weighted by atomic mass is 32.2. The number of ether oxygens (including phenoxy) is 2. The Morgan fingerprint density at radius 1 is 1.23 bits per heavy atom. The Bertz CT molecular complexity index is 590. The first-order chi connectivity index (χ1) is 10.2. The summed E-state index contributed by atoms with van der Waals surface area (Å²) in [5.74, 6) is 0. The van der Waals surface area contributed by atoms with E-state index >= 15 is 0 Å². The molecule has 1 heterocycles. The predicted octanol–water partition coefficient (Wildman–Crippen LogP) is 2.55. The molecule has 0 amide bonds. The van der Waals surface area contributed by atoms with Crippen molar-refractivity contribution in [3.8, 4) is 0 Å². The quantitative estimate of drug-likeness (QED) is 0.595. The van der Waals surface area contributed by atoms with Gasteiger partial charge in [0, 0.05) is 12.6 Å². The van der Waals surface area contributed by atoms with Crippen molar-refractivity contribution in [2.75, 3.05) is 19.9 Å². The number of hydrogen-bond acceptors (Lipinski definition) is 4. The Labute approximate surface area is 133 Å². The van der Waals surface area contributed by atoms with E-state index in [2.05, 4.69) is 0 Å². The first-order valence-electron chi connectivity index (χ1n) is 7.50. The summed E-state index contributed by atoms with van der Waals surface area (Å²) in [5, 5.41) is 0. The molecule has 0 unspecified atom stereocenters. The Balaban J connectivity index is 1.91. The highest BCUT2D eigenvalue weighted by Crippen LogP contribution is 2.27. The standard InChI is InChI=1S/C16H25NO4S/c1-13-5-7-15(8-6-13)22(18,19)17-10-9-14(17)11-20-12-21-16(2,3)4/h5-8,14H,9-12H2,1-4H3/t14-/m0/s1. The molecule has 22 heavy (non-hydrogen) atoms. The Morgan fingerprint density at radius 2 is 1.86 bits per heavy atom. The number of aryl methyl sites for hydroxylation is 1. The van der Waals surface area contributed by atoms with Gasteiger partial charge in [0.05, 0.1) is 17.1 Å². The zero-order valence-electron chi connectivity index (χ0n) is 13.7. The van der Waals surface area contributed by atoms with Gasteiger partial charge in [-0.15, -0.1) is 0 Å². The fourth-order valence-corrected chi connectivity index (χ4v) is 3.80. The Hall–Kier alpha value is -0.950. The van der Waals surface area contributed by atoms with Crippen LogP contribution in [0, 0.1) is 6.92 Å². The molecule has 2 rings (SSSR count). The van der Waals surface area contributed by atoms with E-state index in [0.717, 1.165) is 12.0 Å². The number of sulfonamides is 1. The Kier molecular flexibility index (Phi) is 5.27. The van der Waals surface area contributed by atoms with Crippen molar-refractivity contribution in [1.82, 2.24) is 4.31 Å². The summed E-state index contributed by atoms with van der Waals surface area (Å²) in [6.45, 7) is 8.88. The fourth-order valence-electron chi connectivity index (χ4n) is 2.15. The summed E-state index contributed by atoms with van der Waals surface area (Å²) < 4.78 is 37.6. The topological polar surface area (TPSA) is 55.8 Å². The molecule has 1 aromatic rings. The lowest BCUT2D eigenvalue weighted by Crippen LogP contribution is -2.53. The second-order valence-corrected chi connectivity index (χ2v) is 8.51. The van der Waals surface area contributed by atoms with Crippen molar-refractivity contribution in [2.24, 2.45) is 0 Å². The van der Waals surface area contributed by atoms with E-state index in [1.165, 1.54) is 4.31 Å². The lowest BCUT2D eigenvalue weighted by molar-refractivity contribution is -0.130. The van der Waals surface area contributed by atoms with Gasteiger partial charge in [0.15, 0.2) is 0 Å². The molecule has 0 bridgehead atoms. The third kappa shape index (κ3) is 4.29. The van der Waals surface area contributed by atoms with Crippen LogP contribution in [-0.2, 0) is 19.5 Å². The minimum atomic E-state index is -3.42. The second kappa shape index (κ2) is 6.66. The smallest absolute Gasteiger partial charge is 0.243 e. The highest BCUT2D eigenvalue weighted by molar-refractivity contribution is 7.89. The summed E-state index contributed by atoms with van der Waals surface area (Å²) >= 11 is 0. The van der Waals surface area contributed by atoms with Gasteiger partial charge in [0.2, 0.25) is 10.0 Å². The molecule has 6 heteroatoms. The van der Waals surface area contributed by atoms with Gasteiger partial charge in [-0.3, -0.25) is 0 Å². The molecule has 0 N–H and O–H groups in total. The highest BCUT2D eigenvalue weighted by Gasteiger charge is 2.38. The summed E-state index contributed by atoms with van der Waals surface area (Å²) in [5.41, 5.74) is 0.787. The summed E-state index contributed by atoms with van der Waals surface area (Å²) in [4.78, 5) is 0.341. The molecule has 1 saturated heterocycles. The minimum Gasteiger partial charge on any atom is -0.354 e. The first-order valence-corrected chi connectivity index (χ1v) is 8.94. The molecule has 0 spiro atoms. The zero-order valence-corrected chi connectivity index (χ0v) is 14.5. The van der Waals surface area contributed by atoms with Gasteiger partial charge in [-0.05, 0) is 46.2 Å². The molecule has 124 valence electrons. The van der Waals surface area contributed by atoms with Gasteiger partial charge < -0.3 is 9.47 Å². The molecule has 0 radical (unpaired) electrons. The van der Waals surface area contributed by atoms with E-state index in [9.17, 15) is 8.42 Å². The molecular formula is C16H25NO4S. The van der Waals surface area contributed by atoms with Crippen LogP contribution in [0.1, 0.15) is 32.8 Å². The third-order valence-corrected chi connectivity index (χ3v) is 5.57. The number of nitrogens with zero attached hydrogens (tertiary/aromatic N) is 1.